The molecule has 3 heterocycles. The van der Waals surface area contributed by atoms with Gasteiger partial charge in [-0.25, -0.2) is 9.97 Å². The SMILES string of the molecule is CN=C(NCCc1cccs1)NCCN1CCN(c2ncccn2)CC1.I. The third-order valence-corrected chi connectivity index (χ3v) is 5.33. The summed E-state index contributed by atoms with van der Waals surface area (Å²) in [6, 6.07) is 6.12. The molecule has 9 heteroatoms. The zero-order valence-electron chi connectivity index (χ0n) is 15.7. The first-order chi connectivity index (χ1) is 12.8. The second-order valence-electron chi connectivity index (χ2n) is 6.13. The number of anilines is 1. The number of nitrogens with one attached hydrogen (secondary N) is 2. The standard InChI is InChI=1S/C18H27N7S.HI/c1-19-17(20-8-5-16-4-2-15-26-16)21-9-10-24-11-13-25(14-12-24)18-22-6-3-7-23-18;/h2-4,6-7,15H,5,8-14H2,1H3,(H2,19,20,21);1H. The van der Waals surface area contributed by atoms with Crippen LogP contribution in [0.2, 0.25) is 0 Å². The second-order valence-corrected chi connectivity index (χ2v) is 7.16. The number of rotatable bonds is 7. The zero-order valence-corrected chi connectivity index (χ0v) is 18.8. The fourth-order valence-corrected chi connectivity index (χ4v) is 3.65. The topological polar surface area (TPSA) is 68.7 Å². The average molecular weight is 501 g/mol. The first kappa shape index (κ1) is 21.8. The summed E-state index contributed by atoms with van der Waals surface area (Å²) in [6.07, 6.45) is 4.63. The number of thiophene rings is 1. The van der Waals surface area contributed by atoms with Crippen LogP contribution in [0.3, 0.4) is 0 Å². The van der Waals surface area contributed by atoms with Crippen LogP contribution < -0.4 is 15.5 Å². The summed E-state index contributed by atoms with van der Waals surface area (Å²) in [6.45, 7) is 6.80. The summed E-state index contributed by atoms with van der Waals surface area (Å²) in [7, 11) is 1.82. The molecule has 1 aliphatic heterocycles. The van der Waals surface area contributed by atoms with E-state index in [0.717, 1.165) is 64.1 Å². The van der Waals surface area contributed by atoms with Crippen LogP contribution in [0.5, 0.6) is 0 Å². The molecule has 3 rings (SSSR count). The second kappa shape index (κ2) is 12.1. The molecule has 2 aromatic heterocycles. The maximum atomic E-state index is 4.33. The molecule has 0 bridgehead atoms. The summed E-state index contributed by atoms with van der Waals surface area (Å²) < 4.78 is 0. The Kier molecular flexibility index (Phi) is 9.78. The fourth-order valence-electron chi connectivity index (χ4n) is 2.94. The molecule has 1 fully saturated rings. The van der Waals surface area contributed by atoms with E-state index in [9.17, 15) is 0 Å². The summed E-state index contributed by atoms with van der Waals surface area (Å²) in [5.41, 5.74) is 0. The maximum Gasteiger partial charge on any atom is 0.225 e. The van der Waals surface area contributed by atoms with Crippen molar-refractivity contribution in [3.8, 4) is 0 Å². The van der Waals surface area contributed by atoms with Crippen LogP contribution in [0.15, 0.2) is 41.0 Å². The highest BCUT2D eigenvalue weighted by Gasteiger charge is 2.18. The Morgan fingerprint density at radius 3 is 2.52 bits per heavy atom. The minimum absolute atomic E-state index is 0. The molecule has 0 atom stereocenters. The molecule has 1 saturated heterocycles. The van der Waals surface area contributed by atoms with E-state index >= 15 is 0 Å². The summed E-state index contributed by atoms with van der Waals surface area (Å²) in [5.74, 6) is 1.71. The van der Waals surface area contributed by atoms with Crippen molar-refractivity contribution in [1.82, 2.24) is 25.5 Å². The van der Waals surface area contributed by atoms with Crippen LogP contribution in [0.25, 0.3) is 0 Å². The van der Waals surface area contributed by atoms with Gasteiger partial charge >= 0.3 is 0 Å². The Labute approximate surface area is 182 Å². The Morgan fingerprint density at radius 1 is 1.11 bits per heavy atom. The third-order valence-electron chi connectivity index (χ3n) is 4.40. The lowest BCUT2D eigenvalue weighted by molar-refractivity contribution is 0.260. The number of hydrogen-bond donors (Lipinski definition) is 2. The lowest BCUT2D eigenvalue weighted by atomic mass is 10.3. The van der Waals surface area contributed by atoms with Crippen LogP contribution in [-0.4, -0.2) is 73.7 Å². The molecule has 0 aromatic carbocycles. The Balaban J connectivity index is 0.00000261. The molecule has 2 aromatic rings. The van der Waals surface area contributed by atoms with Gasteiger partial charge in [0.05, 0.1) is 0 Å². The number of hydrogen-bond acceptors (Lipinski definition) is 6. The van der Waals surface area contributed by atoms with Gasteiger partial charge in [0, 0.05) is 70.1 Å². The number of piperazine rings is 1. The van der Waals surface area contributed by atoms with Gasteiger partial charge in [-0.05, 0) is 23.9 Å². The zero-order chi connectivity index (χ0) is 18.0. The van der Waals surface area contributed by atoms with Gasteiger partial charge in [0.15, 0.2) is 5.96 Å². The number of aliphatic imine (C=N–C) groups is 1. The molecular weight excluding hydrogens is 473 g/mol. The highest BCUT2D eigenvalue weighted by molar-refractivity contribution is 14.0. The van der Waals surface area contributed by atoms with Gasteiger partial charge in [0.1, 0.15) is 0 Å². The number of aromatic nitrogens is 2. The third kappa shape index (κ3) is 7.23. The van der Waals surface area contributed by atoms with Crippen LogP contribution >= 0.6 is 35.3 Å². The van der Waals surface area contributed by atoms with Crippen molar-refractivity contribution in [1.29, 1.82) is 0 Å². The molecule has 0 saturated carbocycles. The van der Waals surface area contributed by atoms with Crippen molar-refractivity contribution in [2.45, 2.75) is 6.42 Å². The smallest absolute Gasteiger partial charge is 0.225 e. The molecule has 0 radical (unpaired) electrons. The first-order valence-corrected chi connectivity index (χ1v) is 9.94. The van der Waals surface area contributed by atoms with E-state index in [2.05, 4.69) is 52.9 Å². The quantitative estimate of drug-likeness (QED) is 0.342. The molecule has 0 amide bonds. The van der Waals surface area contributed by atoms with Crippen molar-refractivity contribution in [3.63, 3.8) is 0 Å². The Morgan fingerprint density at radius 2 is 1.85 bits per heavy atom. The minimum atomic E-state index is 0. The van der Waals surface area contributed by atoms with Crippen molar-refractivity contribution in [2.75, 3.05) is 57.8 Å². The van der Waals surface area contributed by atoms with Gasteiger partial charge in [-0.3, -0.25) is 9.89 Å². The van der Waals surface area contributed by atoms with Gasteiger partial charge in [0.2, 0.25) is 5.95 Å². The predicted octanol–water partition coefficient (Wildman–Crippen LogP) is 1.69. The largest absolute Gasteiger partial charge is 0.356 e. The van der Waals surface area contributed by atoms with E-state index in [0.29, 0.717) is 0 Å². The van der Waals surface area contributed by atoms with Crippen molar-refractivity contribution in [3.05, 3.63) is 40.8 Å². The van der Waals surface area contributed by atoms with Gasteiger partial charge in [0.25, 0.3) is 0 Å². The van der Waals surface area contributed by atoms with Crippen LogP contribution in [-0.2, 0) is 6.42 Å². The van der Waals surface area contributed by atoms with E-state index in [1.807, 2.05) is 13.1 Å². The van der Waals surface area contributed by atoms with Crippen LogP contribution in [0.4, 0.5) is 5.95 Å². The van der Waals surface area contributed by atoms with Gasteiger partial charge in [-0.15, -0.1) is 35.3 Å². The molecular formula is C18H28IN7S. The van der Waals surface area contributed by atoms with Crippen LogP contribution in [0.1, 0.15) is 4.88 Å². The van der Waals surface area contributed by atoms with E-state index in [1.54, 1.807) is 23.7 Å². The maximum absolute atomic E-state index is 4.33. The normalized spacial score (nSPS) is 15.3. The van der Waals surface area contributed by atoms with Gasteiger partial charge in [-0.2, -0.15) is 0 Å². The first-order valence-electron chi connectivity index (χ1n) is 9.06. The van der Waals surface area contributed by atoms with Crippen LogP contribution in [0, 0.1) is 0 Å². The fraction of sp³-hybridized carbons (Fsp3) is 0.500. The summed E-state index contributed by atoms with van der Waals surface area (Å²) in [5, 5.41) is 8.90. The van der Waals surface area contributed by atoms with Gasteiger partial charge < -0.3 is 15.5 Å². The number of guanidine groups is 1. The molecule has 0 aliphatic carbocycles. The molecule has 7 nitrogen and oxygen atoms in total. The average Bonchev–Trinajstić information content (AvgIpc) is 3.21. The molecule has 148 valence electrons. The lowest BCUT2D eigenvalue weighted by Crippen LogP contribution is -2.49. The Bertz CT molecular complexity index is 658. The lowest BCUT2D eigenvalue weighted by Gasteiger charge is -2.34. The molecule has 0 spiro atoms. The highest BCUT2D eigenvalue weighted by atomic mass is 127. The van der Waals surface area contributed by atoms with Crippen molar-refractivity contribution >= 4 is 47.2 Å². The van der Waals surface area contributed by atoms with Crippen molar-refractivity contribution < 1.29 is 0 Å². The van der Waals surface area contributed by atoms with E-state index in [-0.39, 0.29) is 24.0 Å². The van der Waals surface area contributed by atoms with Crippen molar-refractivity contribution in [2.24, 2.45) is 4.99 Å². The number of halogens is 1. The predicted molar refractivity (Wildman–Crippen MR) is 123 cm³/mol. The summed E-state index contributed by atoms with van der Waals surface area (Å²) >= 11 is 1.80. The molecule has 2 N–H and O–H groups in total. The highest BCUT2D eigenvalue weighted by Crippen LogP contribution is 2.09. The van der Waals surface area contributed by atoms with Gasteiger partial charge in [-0.1, -0.05) is 6.07 Å². The van der Waals surface area contributed by atoms with E-state index in [1.165, 1.54) is 4.88 Å². The number of nitrogens with zero attached hydrogens (tertiary/aromatic N) is 5. The minimum Gasteiger partial charge on any atom is -0.356 e. The summed E-state index contributed by atoms with van der Waals surface area (Å²) in [4.78, 5) is 19.1. The molecule has 1 aliphatic rings. The molecule has 0 unspecified atom stereocenters. The monoisotopic (exact) mass is 501 g/mol. The van der Waals surface area contributed by atoms with E-state index in [4.69, 9.17) is 0 Å². The Hall–Kier alpha value is -1.46. The molecule has 27 heavy (non-hydrogen) atoms. The van der Waals surface area contributed by atoms with E-state index < -0.39 is 0 Å².